The lowest BCUT2D eigenvalue weighted by atomic mass is 9.89. The van der Waals surface area contributed by atoms with Gasteiger partial charge in [0.15, 0.2) is 11.5 Å². The largest absolute Gasteiger partial charge is 0.493 e. The Morgan fingerprint density at radius 1 is 1.15 bits per heavy atom. The third-order valence-corrected chi connectivity index (χ3v) is 4.53. The van der Waals surface area contributed by atoms with Gasteiger partial charge in [-0.2, -0.15) is 0 Å². The summed E-state index contributed by atoms with van der Waals surface area (Å²) >= 11 is 0. The van der Waals surface area contributed by atoms with Crippen molar-refractivity contribution in [2.45, 2.75) is 31.9 Å². The quantitative estimate of drug-likeness (QED) is 0.807. The van der Waals surface area contributed by atoms with E-state index in [-0.39, 0.29) is 17.6 Å². The first-order valence-electron chi connectivity index (χ1n) is 8.90. The number of carbonyl (C=O) groups excluding carboxylic acids is 1. The van der Waals surface area contributed by atoms with Crippen LogP contribution in [-0.4, -0.2) is 25.7 Å². The van der Waals surface area contributed by atoms with Crippen molar-refractivity contribution in [1.29, 1.82) is 0 Å². The highest BCUT2D eigenvalue weighted by Crippen LogP contribution is 2.39. The van der Waals surface area contributed by atoms with E-state index in [0.29, 0.717) is 17.9 Å². The standard InChI is InChI=1S/C22H25NO4/c1-22(2)14-17(16-7-5-6-8-18(16)27-22)23-21(24)12-10-15-9-11-19(25-3)20(13-15)26-4/h5-13,17H,14H2,1-4H3,(H,23,24)/b12-10+/t17-/m0/s1. The van der Waals surface area contributed by atoms with Crippen LogP contribution in [0.15, 0.2) is 48.5 Å². The van der Waals surface area contributed by atoms with Crippen LogP contribution >= 0.6 is 0 Å². The SMILES string of the molecule is COc1ccc(/C=C/C(=O)N[C@H]2CC(C)(C)Oc3ccccc32)cc1OC. The number of carbonyl (C=O) groups is 1. The smallest absolute Gasteiger partial charge is 0.244 e. The molecule has 0 aromatic heterocycles. The van der Waals surface area contributed by atoms with E-state index in [1.807, 2.05) is 56.3 Å². The monoisotopic (exact) mass is 367 g/mol. The minimum Gasteiger partial charge on any atom is -0.493 e. The first-order chi connectivity index (χ1) is 12.9. The lowest BCUT2D eigenvalue weighted by molar-refractivity contribution is -0.117. The molecular formula is C22H25NO4. The minimum absolute atomic E-state index is 0.0903. The van der Waals surface area contributed by atoms with Crippen molar-refractivity contribution in [1.82, 2.24) is 5.32 Å². The van der Waals surface area contributed by atoms with Crippen molar-refractivity contribution in [3.63, 3.8) is 0 Å². The van der Waals surface area contributed by atoms with Crippen molar-refractivity contribution in [2.24, 2.45) is 0 Å². The molecule has 0 saturated carbocycles. The van der Waals surface area contributed by atoms with Crippen molar-refractivity contribution >= 4 is 12.0 Å². The molecule has 3 rings (SSSR count). The molecule has 1 aliphatic rings. The van der Waals surface area contributed by atoms with Gasteiger partial charge in [-0.25, -0.2) is 0 Å². The number of nitrogens with one attached hydrogen (secondary N) is 1. The van der Waals surface area contributed by atoms with Gasteiger partial charge in [0.25, 0.3) is 0 Å². The van der Waals surface area contributed by atoms with Gasteiger partial charge in [0.2, 0.25) is 5.91 Å². The van der Waals surface area contributed by atoms with E-state index >= 15 is 0 Å². The minimum atomic E-state index is -0.334. The number of hydrogen-bond donors (Lipinski definition) is 1. The zero-order chi connectivity index (χ0) is 19.4. The van der Waals surface area contributed by atoms with E-state index in [9.17, 15) is 4.79 Å². The van der Waals surface area contributed by atoms with Crippen LogP contribution in [0, 0.1) is 0 Å². The van der Waals surface area contributed by atoms with Gasteiger partial charge in [-0.1, -0.05) is 24.3 Å². The number of rotatable bonds is 5. The first kappa shape index (κ1) is 18.8. The number of fused-ring (bicyclic) bond motifs is 1. The van der Waals surface area contributed by atoms with E-state index in [2.05, 4.69) is 5.32 Å². The molecule has 1 amide bonds. The lowest BCUT2D eigenvalue weighted by Crippen LogP contribution is -2.40. The van der Waals surface area contributed by atoms with E-state index < -0.39 is 0 Å². The highest BCUT2D eigenvalue weighted by atomic mass is 16.5. The third kappa shape index (κ3) is 4.42. The van der Waals surface area contributed by atoms with E-state index in [1.165, 1.54) is 6.08 Å². The van der Waals surface area contributed by atoms with Crippen molar-refractivity contribution in [2.75, 3.05) is 14.2 Å². The van der Waals surface area contributed by atoms with Gasteiger partial charge in [-0.3, -0.25) is 4.79 Å². The first-order valence-corrected chi connectivity index (χ1v) is 8.90. The molecule has 142 valence electrons. The Labute approximate surface area is 159 Å². The maximum atomic E-state index is 12.5. The number of hydrogen-bond acceptors (Lipinski definition) is 4. The van der Waals surface area contributed by atoms with Gasteiger partial charge in [-0.15, -0.1) is 0 Å². The highest BCUT2D eigenvalue weighted by molar-refractivity contribution is 5.92. The molecule has 1 N–H and O–H groups in total. The number of methoxy groups -OCH3 is 2. The van der Waals surface area contributed by atoms with Crippen LogP contribution in [0.5, 0.6) is 17.2 Å². The fraction of sp³-hybridized carbons (Fsp3) is 0.318. The van der Waals surface area contributed by atoms with Gasteiger partial charge in [0.1, 0.15) is 11.4 Å². The number of para-hydroxylation sites is 1. The van der Waals surface area contributed by atoms with Gasteiger partial charge in [-0.05, 0) is 43.7 Å². The normalized spacial score (nSPS) is 17.7. The van der Waals surface area contributed by atoms with Gasteiger partial charge in [0.05, 0.1) is 20.3 Å². The second kappa shape index (κ2) is 7.74. The molecule has 0 spiro atoms. The Hall–Kier alpha value is -2.95. The molecule has 2 aromatic carbocycles. The molecule has 0 saturated heterocycles. The molecular weight excluding hydrogens is 342 g/mol. The molecule has 27 heavy (non-hydrogen) atoms. The maximum absolute atomic E-state index is 12.5. The number of ether oxygens (including phenoxy) is 3. The van der Waals surface area contributed by atoms with Crippen molar-refractivity contribution < 1.29 is 19.0 Å². The van der Waals surface area contributed by atoms with Crippen molar-refractivity contribution in [3.05, 3.63) is 59.7 Å². The Morgan fingerprint density at radius 2 is 1.89 bits per heavy atom. The van der Waals surface area contributed by atoms with Crippen LogP contribution in [-0.2, 0) is 4.79 Å². The van der Waals surface area contributed by atoms with Crippen LogP contribution in [0.1, 0.15) is 37.4 Å². The summed E-state index contributed by atoms with van der Waals surface area (Å²) < 4.78 is 16.5. The van der Waals surface area contributed by atoms with Crippen LogP contribution in [0.4, 0.5) is 0 Å². The van der Waals surface area contributed by atoms with Gasteiger partial charge >= 0.3 is 0 Å². The van der Waals surface area contributed by atoms with Crippen LogP contribution in [0.25, 0.3) is 6.08 Å². The molecule has 0 bridgehead atoms. The predicted molar refractivity (Wildman–Crippen MR) is 105 cm³/mol. The zero-order valence-corrected chi connectivity index (χ0v) is 16.1. The van der Waals surface area contributed by atoms with Gasteiger partial charge < -0.3 is 19.5 Å². The fourth-order valence-electron chi connectivity index (χ4n) is 3.28. The number of benzene rings is 2. The Morgan fingerprint density at radius 3 is 2.63 bits per heavy atom. The summed E-state index contributed by atoms with van der Waals surface area (Å²) in [5, 5.41) is 3.09. The summed E-state index contributed by atoms with van der Waals surface area (Å²) in [7, 11) is 3.18. The third-order valence-electron chi connectivity index (χ3n) is 4.53. The predicted octanol–water partition coefficient (Wildman–Crippen LogP) is 4.14. The molecule has 1 aliphatic heterocycles. The van der Waals surface area contributed by atoms with E-state index in [4.69, 9.17) is 14.2 Å². The van der Waals surface area contributed by atoms with E-state index in [1.54, 1.807) is 20.3 Å². The molecule has 5 nitrogen and oxygen atoms in total. The molecule has 0 unspecified atom stereocenters. The van der Waals surface area contributed by atoms with Gasteiger partial charge in [0, 0.05) is 18.1 Å². The summed E-state index contributed by atoms with van der Waals surface area (Å²) in [5.41, 5.74) is 1.53. The average molecular weight is 367 g/mol. The molecule has 0 radical (unpaired) electrons. The molecule has 1 atom stereocenters. The highest BCUT2D eigenvalue weighted by Gasteiger charge is 2.33. The summed E-state index contributed by atoms with van der Waals surface area (Å²) in [6.45, 7) is 4.06. The van der Waals surface area contributed by atoms with Crippen LogP contribution < -0.4 is 19.5 Å². The molecule has 1 heterocycles. The topological polar surface area (TPSA) is 56.8 Å². The fourth-order valence-corrected chi connectivity index (χ4v) is 3.28. The maximum Gasteiger partial charge on any atom is 0.244 e. The zero-order valence-electron chi connectivity index (χ0n) is 16.1. The molecule has 0 fully saturated rings. The number of amides is 1. The summed E-state index contributed by atoms with van der Waals surface area (Å²) in [6.07, 6.45) is 4.00. The second-order valence-corrected chi connectivity index (χ2v) is 7.11. The molecule has 0 aliphatic carbocycles. The average Bonchev–Trinajstić information content (AvgIpc) is 2.65. The Balaban J connectivity index is 1.73. The summed E-state index contributed by atoms with van der Waals surface area (Å²) in [4.78, 5) is 12.5. The molecule has 2 aromatic rings. The van der Waals surface area contributed by atoms with Crippen LogP contribution in [0.2, 0.25) is 0 Å². The second-order valence-electron chi connectivity index (χ2n) is 7.11. The van der Waals surface area contributed by atoms with Crippen LogP contribution in [0.3, 0.4) is 0 Å². The van der Waals surface area contributed by atoms with Crippen molar-refractivity contribution in [3.8, 4) is 17.2 Å². The Bertz CT molecular complexity index is 857. The summed E-state index contributed by atoms with van der Waals surface area (Å²) in [6, 6.07) is 13.3. The lowest BCUT2D eigenvalue weighted by Gasteiger charge is -2.37. The molecule has 5 heteroatoms. The van der Waals surface area contributed by atoms with E-state index in [0.717, 1.165) is 16.9 Å². The Kier molecular flexibility index (Phi) is 5.40. The summed E-state index contributed by atoms with van der Waals surface area (Å²) in [5.74, 6) is 1.95.